The maximum Gasteiger partial charge on any atom is 0.208 e. The summed E-state index contributed by atoms with van der Waals surface area (Å²) in [7, 11) is -4.12. The van der Waals surface area contributed by atoms with Crippen LogP contribution < -0.4 is 0 Å². The Morgan fingerprint density at radius 1 is 0.967 bits per heavy atom. The van der Waals surface area contributed by atoms with Gasteiger partial charge in [-0.25, -0.2) is 12.8 Å². The molecule has 4 aromatic rings. The Kier molecular flexibility index (Phi) is 5.18. The molecule has 0 bridgehead atoms. The average molecular weight is 419 g/mol. The summed E-state index contributed by atoms with van der Waals surface area (Å²) in [5.41, 5.74) is 1.52. The minimum absolute atomic E-state index is 0.0403. The molecule has 4 nitrogen and oxygen atoms in total. The zero-order chi connectivity index (χ0) is 21.3. The Hall–Kier alpha value is -3.38. The van der Waals surface area contributed by atoms with Crippen LogP contribution in [-0.2, 0) is 16.3 Å². The van der Waals surface area contributed by atoms with E-state index in [9.17, 15) is 17.6 Å². The lowest BCUT2D eigenvalue weighted by molar-refractivity contribution is 0.103. The monoisotopic (exact) mass is 419 g/mol. The molecule has 3 aromatic carbocycles. The lowest BCUT2D eigenvalue weighted by Gasteiger charge is -2.13. The van der Waals surface area contributed by atoms with Crippen molar-refractivity contribution in [1.29, 1.82) is 0 Å². The van der Waals surface area contributed by atoms with Crippen LogP contribution in [0.25, 0.3) is 10.9 Å². The van der Waals surface area contributed by atoms with E-state index >= 15 is 0 Å². The summed E-state index contributed by atoms with van der Waals surface area (Å²) in [6, 6.07) is 18.6. The van der Waals surface area contributed by atoms with Crippen LogP contribution in [0.5, 0.6) is 0 Å². The Bertz CT molecular complexity index is 1350. The molecular weight excluding hydrogens is 401 g/mol. The van der Waals surface area contributed by atoms with Crippen LogP contribution in [0.4, 0.5) is 4.39 Å². The van der Waals surface area contributed by atoms with Crippen molar-refractivity contribution in [2.75, 3.05) is 0 Å². The summed E-state index contributed by atoms with van der Waals surface area (Å²) < 4.78 is 41.3. The predicted octanol–water partition coefficient (Wildman–Crippen LogP) is 5.00. The van der Waals surface area contributed by atoms with E-state index in [4.69, 9.17) is 0 Å². The predicted molar refractivity (Wildman–Crippen MR) is 113 cm³/mol. The first kappa shape index (κ1) is 19.9. The lowest BCUT2D eigenvalue weighted by atomic mass is 10.0. The molecule has 0 radical (unpaired) electrons. The normalized spacial score (nSPS) is 11.5. The molecule has 0 aliphatic heterocycles. The van der Waals surface area contributed by atoms with E-state index in [-0.39, 0.29) is 20.7 Å². The molecule has 0 N–H and O–H groups in total. The summed E-state index contributed by atoms with van der Waals surface area (Å²) in [5.74, 6) is -1.09. The van der Waals surface area contributed by atoms with Crippen molar-refractivity contribution in [3.8, 4) is 0 Å². The highest BCUT2D eigenvalue weighted by Crippen LogP contribution is 2.32. The lowest BCUT2D eigenvalue weighted by Crippen LogP contribution is -2.13. The summed E-state index contributed by atoms with van der Waals surface area (Å²) in [5, 5.41) is 0.0800. The number of sulfone groups is 1. The highest BCUT2D eigenvalue weighted by Gasteiger charge is 2.28. The smallest absolute Gasteiger partial charge is 0.208 e. The Balaban J connectivity index is 2.02. The molecule has 0 saturated carbocycles. The average Bonchev–Trinajstić information content (AvgIpc) is 2.78. The number of pyridine rings is 1. The van der Waals surface area contributed by atoms with Crippen molar-refractivity contribution in [3.63, 3.8) is 0 Å². The molecule has 150 valence electrons. The SMILES string of the molecule is CCc1ccc(S(=O)(=O)c2c(C(=O)c3ccccc3)cnc3ccc(F)cc23)cc1. The first-order valence-electron chi connectivity index (χ1n) is 9.44. The fourth-order valence-corrected chi connectivity index (χ4v) is 4.98. The van der Waals surface area contributed by atoms with Crippen LogP contribution in [0.1, 0.15) is 28.4 Å². The minimum Gasteiger partial charge on any atom is -0.289 e. The van der Waals surface area contributed by atoms with E-state index in [1.54, 1.807) is 42.5 Å². The number of nitrogens with zero attached hydrogens (tertiary/aromatic N) is 1. The first-order valence-corrected chi connectivity index (χ1v) is 10.9. The van der Waals surface area contributed by atoms with E-state index in [0.29, 0.717) is 11.1 Å². The number of aryl methyl sites for hydroxylation is 1. The van der Waals surface area contributed by atoms with E-state index in [0.717, 1.165) is 18.1 Å². The molecule has 1 aromatic heterocycles. The Morgan fingerprint density at radius 2 is 1.67 bits per heavy atom. The van der Waals surface area contributed by atoms with Gasteiger partial charge in [-0.3, -0.25) is 9.78 Å². The summed E-state index contributed by atoms with van der Waals surface area (Å²) >= 11 is 0. The number of carbonyl (C=O) groups excluding carboxylic acids is 1. The van der Waals surface area contributed by atoms with Crippen molar-refractivity contribution in [1.82, 2.24) is 4.98 Å². The van der Waals surface area contributed by atoms with E-state index in [1.165, 1.54) is 30.5 Å². The van der Waals surface area contributed by atoms with Gasteiger partial charge >= 0.3 is 0 Å². The van der Waals surface area contributed by atoms with Crippen molar-refractivity contribution in [2.45, 2.75) is 23.1 Å². The third-order valence-electron chi connectivity index (χ3n) is 4.97. The van der Waals surface area contributed by atoms with Gasteiger partial charge in [-0.1, -0.05) is 49.4 Å². The van der Waals surface area contributed by atoms with Gasteiger partial charge in [0.2, 0.25) is 9.84 Å². The molecular formula is C24H18FNO3S. The van der Waals surface area contributed by atoms with Gasteiger partial charge in [0.25, 0.3) is 0 Å². The van der Waals surface area contributed by atoms with Crippen LogP contribution in [0.3, 0.4) is 0 Å². The van der Waals surface area contributed by atoms with Gasteiger partial charge in [0.05, 0.1) is 20.9 Å². The second-order valence-electron chi connectivity index (χ2n) is 6.86. The number of fused-ring (bicyclic) bond motifs is 1. The number of ketones is 1. The number of halogens is 1. The number of aromatic nitrogens is 1. The number of benzene rings is 3. The standard InChI is InChI=1S/C24H18FNO3S/c1-2-16-8-11-19(12-9-16)30(28,29)24-20-14-18(25)10-13-22(20)26-15-21(24)23(27)17-6-4-3-5-7-17/h3-15H,2H2,1H3. The minimum atomic E-state index is -4.12. The van der Waals surface area contributed by atoms with E-state index in [2.05, 4.69) is 4.98 Å². The molecule has 0 saturated heterocycles. The van der Waals surface area contributed by atoms with Gasteiger partial charge in [0, 0.05) is 17.1 Å². The number of hydrogen-bond donors (Lipinski definition) is 0. The fraction of sp³-hybridized carbons (Fsp3) is 0.0833. The van der Waals surface area contributed by atoms with Crippen LogP contribution >= 0.6 is 0 Å². The van der Waals surface area contributed by atoms with Gasteiger partial charge in [-0.2, -0.15) is 0 Å². The van der Waals surface area contributed by atoms with Crippen molar-refractivity contribution in [3.05, 3.63) is 102 Å². The quantitative estimate of drug-likeness (QED) is 0.427. The van der Waals surface area contributed by atoms with Gasteiger partial charge in [-0.05, 0) is 42.3 Å². The molecule has 4 rings (SSSR count). The molecule has 1 heterocycles. The molecule has 30 heavy (non-hydrogen) atoms. The summed E-state index contributed by atoms with van der Waals surface area (Å²) in [4.78, 5) is 17.2. The largest absolute Gasteiger partial charge is 0.289 e. The van der Waals surface area contributed by atoms with Crippen molar-refractivity contribution < 1.29 is 17.6 Å². The summed E-state index contributed by atoms with van der Waals surface area (Å²) in [6.45, 7) is 1.97. The Morgan fingerprint density at radius 3 is 2.33 bits per heavy atom. The molecule has 0 amide bonds. The second-order valence-corrected chi connectivity index (χ2v) is 8.75. The topological polar surface area (TPSA) is 64.1 Å². The maximum absolute atomic E-state index is 14.1. The van der Waals surface area contributed by atoms with Crippen molar-refractivity contribution >= 4 is 26.5 Å². The molecule has 0 unspecified atom stereocenters. The number of rotatable bonds is 5. The first-order chi connectivity index (χ1) is 14.4. The fourth-order valence-electron chi connectivity index (χ4n) is 3.36. The van der Waals surface area contributed by atoms with Crippen LogP contribution in [-0.4, -0.2) is 19.2 Å². The highest BCUT2D eigenvalue weighted by atomic mass is 32.2. The number of hydrogen-bond acceptors (Lipinski definition) is 4. The van der Waals surface area contributed by atoms with Gasteiger partial charge in [0.15, 0.2) is 5.78 Å². The summed E-state index contributed by atoms with van der Waals surface area (Å²) in [6.07, 6.45) is 2.02. The Labute approximate surface area is 173 Å². The zero-order valence-corrected chi connectivity index (χ0v) is 17.0. The molecule has 0 fully saturated rings. The van der Waals surface area contributed by atoms with Crippen LogP contribution in [0, 0.1) is 5.82 Å². The van der Waals surface area contributed by atoms with Gasteiger partial charge < -0.3 is 0 Å². The highest BCUT2D eigenvalue weighted by molar-refractivity contribution is 7.91. The van der Waals surface area contributed by atoms with Gasteiger partial charge in [-0.15, -0.1) is 0 Å². The van der Waals surface area contributed by atoms with E-state index in [1.807, 2.05) is 6.92 Å². The van der Waals surface area contributed by atoms with Crippen LogP contribution in [0.2, 0.25) is 0 Å². The van der Waals surface area contributed by atoms with E-state index < -0.39 is 21.4 Å². The van der Waals surface area contributed by atoms with Gasteiger partial charge in [0.1, 0.15) is 5.82 Å². The molecule has 6 heteroatoms. The third kappa shape index (κ3) is 3.50. The van der Waals surface area contributed by atoms with Crippen LogP contribution in [0.15, 0.2) is 88.8 Å². The molecule has 0 aliphatic rings. The third-order valence-corrected chi connectivity index (χ3v) is 6.84. The second kappa shape index (κ2) is 7.80. The van der Waals surface area contributed by atoms with Crippen molar-refractivity contribution in [2.24, 2.45) is 0 Å². The molecule has 0 atom stereocenters. The molecule has 0 aliphatic carbocycles. The molecule has 0 spiro atoms. The number of carbonyl (C=O) groups is 1. The maximum atomic E-state index is 14.1. The zero-order valence-electron chi connectivity index (χ0n) is 16.2.